The number of hydrogen-bond donors (Lipinski definition) is 0. The molecule has 1 unspecified atom stereocenters. The lowest BCUT2D eigenvalue weighted by Crippen LogP contribution is -2.31. The van der Waals surface area contributed by atoms with Crippen LogP contribution in [0, 0.1) is 0 Å². The number of halogens is 3. The van der Waals surface area contributed by atoms with Crippen LogP contribution in [0.3, 0.4) is 0 Å². The molecule has 5 nitrogen and oxygen atoms in total. The smallest absolute Gasteiger partial charge is 0.431 e. The predicted octanol–water partition coefficient (Wildman–Crippen LogP) is 2.06. The Bertz CT molecular complexity index is 538. The summed E-state index contributed by atoms with van der Waals surface area (Å²) < 4.78 is 65.4. The molecule has 0 N–H and O–H groups in total. The Kier molecular flexibility index (Phi) is 4.53. The molecule has 1 atom stereocenters. The van der Waals surface area contributed by atoms with E-state index in [0.717, 1.165) is 6.92 Å². The Morgan fingerprint density at radius 2 is 1.74 bits per heavy atom. The van der Waals surface area contributed by atoms with Crippen molar-refractivity contribution in [3.8, 4) is 0 Å². The maximum atomic E-state index is 12.0. The van der Waals surface area contributed by atoms with Crippen LogP contribution in [0.25, 0.3) is 0 Å². The molecule has 9 heteroatoms. The van der Waals surface area contributed by atoms with Crippen molar-refractivity contribution < 1.29 is 35.3 Å². The summed E-state index contributed by atoms with van der Waals surface area (Å²) in [6.45, 7) is 0.865. The summed E-state index contributed by atoms with van der Waals surface area (Å²) >= 11 is 0. The van der Waals surface area contributed by atoms with Gasteiger partial charge in [-0.2, -0.15) is 21.6 Å². The molecule has 0 aliphatic carbocycles. The van der Waals surface area contributed by atoms with E-state index in [2.05, 4.69) is 8.92 Å². The van der Waals surface area contributed by atoms with Crippen LogP contribution in [0.2, 0.25) is 0 Å². The summed E-state index contributed by atoms with van der Waals surface area (Å²) in [6, 6.07) is 7.34. The molecule has 0 radical (unpaired) electrons. The van der Waals surface area contributed by atoms with Crippen LogP contribution in [-0.2, 0) is 19.0 Å². The topological polar surface area (TPSA) is 69.7 Å². The van der Waals surface area contributed by atoms with Gasteiger partial charge in [-0.1, -0.05) is 18.2 Å². The van der Waals surface area contributed by atoms with Gasteiger partial charge in [-0.05, 0) is 19.1 Å². The Morgan fingerprint density at radius 1 is 1.21 bits per heavy atom. The lowest BCUT2D eigenvalue weighted by Gasteiger charge is -2.15. The normalized spacial score (nSPS) is 13.9. The average molecular weight is 298 g/mol. The minimum Gasteiger partial charge on any atom is -0.431 e. The summed E-state index contributed by atoms with van der Waals surface area (Å²) in [6.07, 6.45) is -1.89. The molecule has 19 heavy (non-hydrogen) atoms. The zero-order chi connectivity index (χ0) is 14.7. The standard InChI is InChI=1S/C10H9F3O5S/c1-7(18-19(15,16)10(11,12)13)17-9(14)8-5-3-2-4-6-8/h2-7H,1H3. The molecule has 0 bridgehead atoms. The van der Waals surface area contributed by atoms with Crippen LogP contribution in [0.15, 0.2) is 30.3 Å². The van der Waals surface area contributed by atoms with Crippen molar-refractivity contribution in [2.24, 2.45) is 0 Å². The minimum absolute atomic E-state index is 0.0577. The maximum Gasteiger partial charge on any atom is 0.523 e. The molecule has 1 aromatic carbocycles. The SMILES string of the molecule is CC(OC(=O)c1ccccc1)OS(=O)(=O)C(F)(F)F. The molecule has 0 spiro atoms. The fraction of sp³-hybridized carbons (Fsp3) is 0.300. The van der Waals surface area contributed by atoms with Gasteiger partial charge in [-0.3, -0.25) is 0 Å². The minimum atomic E-state index is -5.80. The highest BCUT2D eigenvalue weighted by Crippen LogP contribution is 2.25. The molecule has 0 heterocycles. The van der Waals surface area contributed by atoms with E-state index in [1.54, 1.807) is 6.07 Å². The highest BCUT2D eigenvalue weighted by atomic mass is 32.2. The van der Waals surface area contributed by atoms with Gasteiger partial charge in [0.2, 0.25) is 6.29 Å². The molecule has 1 aromatic rings. The van der Waals surface area contributed by atoms with Crippen LogP contribution in [0.1, 0.15) is 17.3 Å². The summed E-state index contributed by atoms with van der Waals surface area (Å²) in [5, 5.41) is 0. The van der Waals surface area contributed by atoms with Crippen LogP contribution in [-0.4, -0.2) is 26.2 Å². The van der Waals surface area contributed by atoms with Crippen molar-refractivity contribution in [2.75, 3.05) is 0 Å². The summed E-state index contributed by atoms with van der Waals surface area (Å²) in [7, 11) is -5.80. The Labute approximate surface area is 107 Å². The first kappa shape index (κ1) is 15.4. The number of benzene rings is 1. The highest BCUT2D eigenvalue weighted by molar-refractivity contribution is 7.87. The highest BCUT2D eigenvalue weighted by Gasteiger charge is 2.48. The summed E-state index contributed by atoms with van der Waals surface area (Å²) in [5.74, 6) is -0.995. The molecule has 0 saturated heterocycles. The molecule has 0 aliphatic heterocycles. The van der Waals surface area contributed by atoms with E-state index < -0.39 is 27.9 Å². The summed E-state index contributed by atoms with van der Waals surface area (Å²) in [4.78, 5) is 11.4. The lowest BCUT2D eigenvalue weighted by molar-refractivity contribution is -0.0795. The molecule has 0 saturated carbocycles. The van der Waals surface area contributed by atoms with Gasteiger partial charge >= 0.3 is 21.6 Å². The largest absolute Gasteiger partial charge is 0.523 e. The third kappa shape index (κ3) is 4.21. The van der Waals surface area contributed by atoms with Crippen LogP contribution in [0.5, 0.6) is 0 Å². The molecule has 0 aliphatic rings. The number of carbonyl (C=O) groups excluding carboxylic acids is 1. The number of ether oxygens (including phenoxy) is 1. The van der Waals surface area contributed by atoms with Gasteiger partial charge < -0.3 is 4.74 Å². The van der Waals surface area contributed by atoms with E-state index in [9.17, 15) is 26.4 Å². The third-order valence-corrected chi connectivity index (χ3v) is 2.92. The first-order valence-corrected chi connectivity index (χ1v) is 6.30. The Hall–Kier alpha value is -1.61. The summed E-state index contributed by atoms with van der Waals surface area (Å²) in [5.41, 5.74) is -5.51. The second-order valence-corrected chi connectivity index (χ2v) is 4.90. The zero-order valence-electron chi connectivity index (χ0n) is 9.55. The van der Waals surface area contributed by atoms with E-state index in [1.807, 2.05) is 0 Å². The van der Waals surface area contributed by atoms with Crippen LogP contribution in [0.4, 0.5) is 13.2 Å². The number of carbonyl (C=O) groups is 1. The van der Waals surface area contributed by atoms with Gasteiger partial charge in [0.1, 0.15) is 0 Å². The molecular weight excluding hydrogens is 289 g/mol. The zero-order valence-corrected chi connectivity index (χ0v) is 10.4. The van der Waals surface area contributed by atoms with Crippen molar-refractivity contribution in [2.45, 2.75) is 18.7 Å². The van der Waals surface area contributed by atoms with Gasteiger partial charge in [-0.25, -0.2) is 8.98 Å². The first-order chi connectivity index (χ1) is 8.63. The van der Waals surface area contributed by atoms with Gasteiger partial charge in [0, 0.05) is 0 Å². The fourth-order valence-corrected chi connectivity index (χ4v) is 1.55. The second-order valence-electron chi connectivity index (χ2n) is 3.34. The molecule has 0 aromatic heterocycles. The molecule has 0 fully saturated rings. The van der Waals surface area contributed by atoms with Crippen molar-refractivity contribution in [1.82, 2.24) is 0 Å². The van der Waals surface area contributed by atoms with Gasteiger partial charge in [0.15, 0.2) is 0 Å². The van der Waals surface area contributed by atoms with E-state index in [0.29, 0.717) is 0 Å². The second kappa shape index (κ2) is 5.57. The average Bonchev–Trinajstić information content (AvgIpc) is 2.27. The van der Waals surface area contributed by atoms with Crippen LogP contribution < -0.4 is 0 Å². The van der Waals surface area contributed by atoms with Crippen LogP contribution >= 0.6 is 0 Å². The number of alkyl halides is 3. The van der Waals surface area contributed by atoms with Crippen molar-refractivity contribution in [1.29, 1.82) is 0 Å². The van der Waals surface area contributed by atoms with E-state index >= 15 is 0 Å². The third-order valence-electron chi connectivity index (χ3n) is 1.83. The van der Waals surface area contributed by atoms with Crippen molar-refractivity contribution in [3.05, 3.63) is 35.9 Å². The quantitative estimate of drug-likeness (QED) is 0.368. The van der Waals surface area contributed by atoms with Crippen molar-refractivity contribution in [3.63, 3.8) is 0 Å². The van der Waals surface area contributed by atoms with Gasteiger partial charge in [0.05, 0.1) is 5.56 Å². The Morgan fingerprint density at radius 3 is 2.21 bits per heavy atom. The van der Waals surface area contributed by atoms with Crippen molar-refractivity contribution >= 4 is 16.1 Å². The van der Waals surface area contributed by atoms with E-state index in [1.165, 1.54) is 24.3 Å². The number of hydrogen-bond acceptors (Lipinski definition) is 5. The predicted molar refractivity (Wildman–Crippen MR) is 57.4 cm³/mol. The maximum absolute atomic E-state index is 12.0. The fourth-order valence-electron chi connectivity index (χ4n) is 1.05. The van der Waals surface area contributed by atoms with Gasteiger partial charge in [-0.15, -0.1) is 0 Å². The molecular formula is C10H9F3O5S. The monoisotopic (exact) mass is 298 g/mol. The molecule has 0 amide bonds. The van der Waals surface area contributed by atoms with E-state index in [4.69, 9.17) is 0 Å². The van der Waals surface area contributed by atoms with Gasteiger partial charge in [0.25, 0.3) is 0 Å². The Balaban J connectivity index is 2.67. The first-order valence-electron chi connectivity index (χ1n) is 4.89. The number of esters is 1. The lowest BCUT2D eigenvalue weighted by atomic mass is 10.2. The number of rotatable bonds is 4. The van der Waals surface area contributed by atoms with E-state index in [-0.39, 0.29) is 5.56 Å². The molecule has 106 valence electrons. The molecule has 1 rings (SSSR count).